The van der Waals surface area contributed by atoms with Gasteiger partial charge in [0.25, 0.3) is 0 Å². The number of halogens is 1. The monoisotopic (exact) mass is 295 g/mol. The molecule has 0 aliphatic carbocycles. The zero-order chi connectivity index (χ0) is 12.3. The normalized spacial score (nSPS) is 24.9. The van der Waals surface area contributed by atoms with Gasteiger partial charge < -0.3 is 5.32 Å². The lowest BCUT2D eigenvalue weighted by molar-refractivity contribution is 0.306. The van der Waals surface area contributed by atoms with Gasteiger partial charge in [-0.2, -0.15) is 0 Å². The third-order valence-electron chi connectivity index (χ3n) is 3.88. The van der Waals surface area contributed by atoms with Gasteiger partial charge in [0.15, 0.2) is 0 Å². The summed E-state index contributed by atoms with van der Waals surface area (Å²) in [7, 11) is 0. The molecular formula is C15H22BrN. The van der Waals surface area contributed by atoms with Gasteiger partial charge in [-0.15, -0.1) is 0 Å². The maximum atomic E-state index is 3.59. The van der Waals surface area contributed by atoms with Crippen LogP contribution in [-0.4, -0.2) is 13.1 Å². The second-order valence-electron chi connectivity index (χ2n) is 5.16. The quantitative estimate of drug-likeness (QED) is 0.879. The third-order valence-corrected chi connectivity index (χ3v) is 4.77. The van der Waals surface area contributed by atoms with Gasteiger partial charge in [-0.25, -0.2) is 0 Å². The molecule has 1 fully saturated rings. The van der Waals surface area contributed by atoms with Crippen molar-refractivity contribution in [3.8, 4) is 0 Å². The van der Waals surface area contributed by atoms with E-state index in [0.29, 0.717) is 0 Å². The largest absolute Gasteiger partial charge is 0.316 e. The first-order valence-corrected chi connectivity index (χ1v) is 7.48. The highest BCUT2D eigenvalue weighted by molar-refractivity contribution is 9.10. The Kier molecular flexibility index (Phi) is 4.63. The van der Waals surface area contributed by atoms with Crippen LogP contribution in [0.1, 0.15) is 43.2 Å². The first-order chi connectivity index (χ1) is 8.22. The van der Waals surface area contributed by atoms with Crippen LogP contribution in [0.3, 0.4) is 0 Å². The first-order valence-electron chi connectivity index (χ1n) is 6.69. The number of piperidine rings is 1. The molecule has 1 N–H and O–H groups in total. The van der Waals surface area contributed by atoms with Crippen LogP contribution in [0.15, 0.2) is 22.7 Å². The van der Waals surface area contributed by atoms with E-state index in [0.717, 1.165) is 11.8 Å². The van der Waals surface area contributed by atoms with Gasteiger partial charge >= 0.3 is 0 Å². The second kappa shape index (κ2) is 6.01. The minimum absolute atomic E-state index is 0.753. The van der Waals surface area contributed by atoms with Gasteiger partial charge in [-0.05, 0) is 61.9 Å². The van der Waals surface area contributed by atoms with Crippen LogP contribution in [0.5, 0.6) is 0 Å². The smallest absolute Gasteiger partial charge is 0.0204 e. The molecule has 0 amide bonds. The van der Waals surface area contributed by atoms with Crippen molar-refractivity contribution in [1.29, 1.82) is 0 Å². The molecule has 17 heavy (non-hydrogen) atoms. The molecular weight excluding hydrogens is 274 g/mol. The van der Waals surface area contributed by atoms with Crippen LogP contribution in [0.2, 0.25) is 0 Å². The lowest BCUT2D eigenvalue weighted by Crippen LogP contribution is -2.35. The van der Waals surface area contributed by atoms with E-state index in [4.69, 9.17) is 0 Å². The van der Waals surface area contributed by atoms with Crippen molar-refractivity contribution in [3.63, 3.8) is 0 Å². The molecule has 2 rings (SSSR count). The van der Waals surface area contributed by atoms with Crippen molar-refractivity contribution in [1.82, 2.24) is 5.32 Å². The number of benzene rings is 1. The number of hydrogen-bond donors (Lipinski definition) is 1. The molecule has 0 spiro atoms. The lowest BCUT2D eigenvalue weighted by Gasteiger charge is -2.32. The van der Waals surface area contributed by atoms with E-state index in [-0.39, 0.29) is 0 Å². The Morgan fingerprint density at radius 1 is 1.41 bits per heavy atom. The summed E-state index contributed by atoms with van der Waals surface area (Å²) in [5.74, 6) is 1.57. The molecule has 2 heteroatoms. The Morgan fingerprint density at radius 2 is 2.24 bits per heavy atom. The van der Waals surface area contributed by atoms with Gasteiger partial charge in [-0.3, -0.25) is 0 Å². The van der Waals surface area contributed by atoms with Crippen molar-refractivity contribution >= 4 is 15.9 Å². The SMILES string of the molecule is CCCC1CNCCC1c1ccc(Br)c(C)c1. The van der Waals surface area contributed by atoms with E-state index in [1.165, 1.54) is 48.0 Å². The fourth-order valence-corrected chi connectivity index (χ4v) is 3.18. The standard InChI is InChI=1S/C15H22BrN/c1-3-4-13-10-17-8-7-14(13)12-5-6-15(16)11(2)9-12/h5-6,9,13-14,17H,3-4,7-8,10H2,1-2H3. The molecule has 0 bridgehead atoms. The fraction of sp³-hybridized carbons (Fsp3) is 0.600. The minimum atomic E-state index is 0.753. The molecule has 1 aliphatic heterocycles. The van der Waals surface area contributed by atoms with Crippen LogP contribution in [-0.2, 0) is 0 Å². The van der Waals surface area contributed by atoms with Gasteiger partial charge in [0.1, 0.15) is 0 Å². The molecule has 1 nitrogen and oxygen atoms in total. The van der Waals surface area contributed by atoms with Crippen LogP contribution >= 0.6 is 15.9 Å². The Balaban J connectivity index is 2.20. The van der Waals surface area contributed by atoms with E-state index in [1.807, 2.05) is 0 Å². The van der Waals surface area contributed by atoms with Crippen LogP contribution in [0, 0.1) is 12.8 Å². The summed E-state index contributed by atoms with van der Waals surface area (Å²) in [6, 6.07) is 6.87. The van der Waals surface area contributed by atoms with E-state index in [2.05, 4.69) is 53.3 Å². The van der Waals surface area contributed by atoms with Crippen molar-refractivity contribution in [3.05, 3.63) is 33.8 Å². The molecule has 2 unspecified atom stereocenters. The second-order valence-corrected chi connectivity index (χ2v) is 6.01. The van der Waals surface area contributed by atoms with E-state index in [9.17, 15) is 0 Å². The van der Waals surface area contributed by atoms with Crippen LogP contribution in [0.25, 0.3) is 0 Å². The summed E-state index contributed by atoms with van der Waals surface area (Å²) in [5, 5.41) is 3.54. The Bertz CT molecular complexity index is 373. The van der Waals surface area contributed by atoms with Crippen molar-refractivity contribution < 1.29 is 0 Å². The van der Waals surface area contributed by atoms with Crippen LogP contribution in [0.4, 0.5) is 0 Å². The lowest BCUT2D eigenvalue weighted by atomic mass is 9.78. The molecule has 1 aromatic carbocycles. The number of rotatable bonds is 3. The summed E-state index contributed by atoms with van der Waals surface area (Å²) in [6.07, 6.45) is 3.91. The highest BCUT2D eigenvalue weighted by Gasteiger charge is 2.25. The highest BCUT2D eigenvalue weighted by atomic mass is 79.9. The number of aryl methyl sites for hydroxylation is 1. The highest BCUT2D eigenvalue weighted by Crippen LogP contribution is 2.34. The summed E-state index contributed by atoms with van der Waals surface area (Å²) < 4.78 is 1.22. The molecule has 0 saturated carbocycles. The average Bonchev–Trinajstić information content (AvgIpc) is 2.34. The Morgan fingerprint density at radius 3 is 2.94 bits per heavy atom. The summed E-state index contributed by atoms with van der Waals surface area (Å²) in [5.41, 5.74) is 2.89. The molecule has 1 aromatic rings. The predicted octanol–water partition coefficient (Wildman–Crippen LogP) is 4.25. The number of hydrogen-bond acceptors (Lipinski definition) is 1. The minimum Gasteiger partial charge on any atom is -0.316 e. The Labute approximate surface area is 113 Å². The zero-order valence-electron chi connectivity index (χ0n) is 10.8. The van der Waals surface area contributed by atoms with Gasteiger partial charge in [0.05, 0.1) is 0 Å². The molecule has 1 saturated heterocycles. The summed E-state index contributed by atoms with van der Waals surface area (Å²) >= 11 is 3.59. The van der Waals surface area contributed by atoms with Crippen molar-refractivity contribution in [2.75, 3.05) is 13.1 Å². The molecule has 94 valence electrons. The zero-order valence-corrected chi connectivity index (χ0v) is 12.4. The predicted molar refractivity (Wildman–Crippen MR) is 77.5 cm³/mol. The molecule has 0 aromatic heterocycles. The summed E-state index contributed by atoms with van der Waals surface area (Å²) in [4.78, 5) is 0. The topological polar surface area (TPSA) is 12.0 Å². The van der Waals surface area contributed by atoms with E-state index < -0.39 is 0 Å². The van der Waals surface area contributed by atoms with Crippen molar-refractivity contribution in [2.24, 2.45) is 5.92 Å². The van der Waals surface area contributed by atoms with Gasteiger partial charge in [0, 0.05) is 4.47 Å². The van der Waals surface area contributed by atoms with Gasteiger partial charge in [0.2, 0.25) is 0 Å². The summed E-state index contributed by atoms with van der Waals surface area (Å²) in [6.45, 7) is 6.83. The maximum absolute atomic E-state index is 3.59. The first kappa shape index (κ1) is 13.1. The maximum Gasteiger partial charge on any atom is 0.0204 e. The van der Waals surface area contributed by atoms with E-state index >= 15 is 0 Å². The molecule has 1 aliphatic rings. The number of nitrogens with one attached hydrogen (secondary N) is 1. The van der Waals surface area contributed by atoms with E-state index in [1.54, 1.807) is 0 Å². The molecule has 0 radical (unpaired) electrons. The molecule has 1 heterocycles. The van der Waals surface area contributed by atoms with Gasteiger partial charge in [-0.1, -0.05) is 41.4 Å². The average molecular weight is 296 g/mol. The molecule has 2 atom stereocenters. The third kappa shape index (κ3) is 3.11. The van der Waals surface area contributed by atoms with Crippen molar-refractivity contribution in [2.45, 2.75) is 39.0 Å². The van der Waals surface area contributed by atoms with Crippen LogP contribution < -0.4 is 5.32 Å². The Hall–Kier alpha value is -0.340. The fourth-order valence-electron chi connectivity index (χ4n) is 2.93.